The van der Waals surface area contributed by atoms with E-state index in [0.717, 1.165) is 19.4 Å². The number of hydrogen-bond acceptors (Lipinski definition) is 6. The summed E-state index contributed by atoms with van der Waals surface area (Å²) in [5, 5.41) is 25.0. The van der Waals surface area contributed by atoms with E-state index < -0.39 is 6.16 Å². The molecule has 18 heavy (non-hydrogen) atoms. The molecule has 0 fully saturated rings. The molecular formula is C9H20Na2O7. The molecular weight excluding hydrogens is 266 g/mol. The fourth-order valence-corrected chi connectivity index (χ4v) is 0.633. The molecule has 0 aromatic carbocycles. The third-order valence-electron chi connectivity index (χ3n) is 1.25. The summed E-state index contributed by atoms with van der Waals surface area (Å²) in [6.45, 7) is 4.68. The summed E-state index contributed by atoms with van der Waals surface area (Å²) < 4.78 is 10.2. The van der Waals surface area contributed by atoms with E-state index in [1.54, 1.807) is 0 Å². The SMILES string of the molecule is CCCCOCCOCCO.O.O=C([O-])[O-].[Na+].[Na+]. The molecule has 0 amide bonds. The van der Waals surface area contributed by atoms with Crippen molar-refractivity contribution in [2.75, 3.05) is 33.0 Å². The first kappa shape index (κ1) is 31.5. The van der Waals surface area contributed by atoms with E-state index in [9.17, 15) is 0 Å². The molecule has 0 aromatic rings. The molecule has 0 spiro atoms. The predicted molar refractivity (Wildman–Crippen MR) is 52.6 cm³/mol. The van der Waals surface area contributed by atoms with Crippen LogP contribution in [0.2, 0.25) is 0 Å². The molecule has 3 N–H and O–H groups in total. The number of rotatable bonds is 8. The topological polar surface area (TPSA) is 133 Å². The van der Waals surface area contributed by atoms with Crippen LogP contribution in [0.15, 0.2) is 0 Å². The molecule has 0 bridgehead atoms. The van der Waals surface area contributed by atoms with Crippen LogP contribution in [0.1, 0.15) is 19.8 Å². The second kappa shape index (κ2) is 30.8. The van der Waals surface area contributed by atoms with Crippen LogP contribution in [0, 0.1) is 0 Å². The summed E-state index contributed by atoms with van der Waals surface area (Å²) in [4.78, 5) is 8.33. The van der Waals surface area contributed by atoms with E-state index >= 15 is 0 Å². The van der Waals surface area contributed by atoms with Gasteiger partial charge in [-0.3, -0.25) is 0 Å². The van der Waals surface area contributed by atoms with Gasteiger partial charge in [-0.25, -0.2) is 0 Å². The summed E-state index contributed by atoms with van der Waals surface area (Å²) in [5.41, 5.74) is 0. The standard InChI is InChI=1S/C8H18O3.CH2O3.2Na.H2O/c1-2-3-5-10-7-8-11-6-4-9;2-1(3)4;;;/h9H,2-8H2,1H3;(H2,2,3,4);;;1H2/q;;2*+1;/p-2. The first-order chi connectivity index (χ1) is 7.15. The fraction of sp³-hybridized carbons (Fsp3) is 0.889. The van der Waals surface area contributed by atoms with Crippen LogP contribution in [0.25, 0.3) is 0 Å². The van der Waals surface area contributed by atoms with Crippen LogP contribution in [0.3, 0.4) is 0 Å². The average molecular weight is 286 g/mol. The minimum absolute atomic E-state index is 0. The second-order valence-electron chi connectivity index (χ2n) is 2.55. The van der Waals surface area contributed by atoms with E-state index in [1.165, 1.54) is 0 Å². The molecule has 0 aromatic heterocycles. The summed E-state index contributed by atoms with van der Waals surface area (Å²) >= 11 is 0. The van der Waals surface area contributed by atoms with Crippen molar-refractivity contribution in [1.82, 2.24) is 0 Å². The summed E-state index contributed by atoms with van der Waals surface area (Å²) in [6.07, 6.45) is -0.0580. The largest absolute Gasteiger partial charge is 1.00 e. The van der Waals surface area contributed by atoms with Crippen LogP contribution in [-0.4, -0.2) is 49.8 Å². The zero-order valence-electron chi connectivity index (χ0n) is 11.4. The van der Waals surface area contributed by atoms with Crippen molar-refractivity contribution >= 4 is 6.16 Å². The molecule has 0 radical (unpaired) electrons. The van der Waals surface area contributed by atoms with Crippen LogP contribution in [-0.2, 0) is 9.47 Å². The van der Waals surface area contributed by atoms with Crippen molar-refractivity contribution in [3.05, 3.63) is 0 Å². The van der Waals surface area contributed by atoms with Crippen molar-refractivity contribution < 1.29 is 94.2 Å². The maximum Gasteiger partial charge on any atom is 1.00 e. The van der Waals surface area contributed by atoms with E-state index in [4.69, 9.17) is 29.6 Å². The Morgan fingerprint density at radius 3 is 1.78 bits per heavy atom. The van der Waals surface area contributed by atoms with Crippen molar-refractivity contribution in [2.24, 2.45) is 0 Å². The van der Waals surface area contributed by atoms with Crippen molar-refractivity contribution in [3.63, 3.8) is 0 Å². The first-order valence-corrected chi connectivity index (χ1v) is 4.79. The summed E-state index contributed by atoms with van der Waals surface area (Å²) in [7, 11) is 0. The smallest absolute Gasteiger partial charge is 0.652 e. The quantitative estimate of drug-likeness (QED) is 0.348. The van der Waals surface area contributed by atoms with E-state index in [-0.39, 0.29) is 71.2 Å². The van der Waals surface area contributed by atoms with Gasteiger partial charge in [0.05, 0.1) is 26.4 Å². The van der Waals surface area contributed by atoms with Crippen molar-refractivity contribution in [2.45, 2.75) is 19.8 Å². The Balaban J connectivity index is -0.0000000712. The molecule has 0 rings (SSSR count). The number of aliphatic hydroxyl groups excluding tert-OH is 1. The van der Waals surface area contributed by atoms with Crippen LogP contribution in [0.4, 0.5) is 4.79 Å². The number of aliphatic hydroxyl groups is 1. The first-order valence-electron chi connectivity index (χ1n) is 4.79. The van der Waals surface area contributed by atoms with Gasteiger partial charge >= 0.3 is 59.1 Å². The number of hydrogen-bond donors (Lipinski definition) is 1. The molecule has 0 saturated carbocycles. The number of carboxylic acid groups (broad SMARTS) is 2. The minimum Gasteiger partial charge on any atom is -0.652 e. The molecule has 100 valence electrons. The van der Waals surface area contributed by atoms with Gasteiger partial charge in [0.15, 0.2) is 0 Å². The predicted octanol–water partition coefficient (Wildman–Crippen LogP) is -8.45. The van der Waals surface area contributed by atoms with Gasteiger partial charge in [-0.1, -0.05) is 13.3 Å². The zero-order chi connectivity index (χ0) is 11.9. The fourth-order valence-electron chi connectivity index (χ4n) is 0.633. The van der Waals surface area contributed by atoms with Crippen molar-refractivity contribution in [1.29, 1.82) is 0 Å². The second-order valence-corrected chi connectivity index (χ2v) is 2.55. The van der Waals surface area contributed by atoms with Gasteiger partial charge in [-0.15, -0.1) is 0 Å². The Bertz CT molecular complexity index is 126. The van der Waals surface area contributed by atoms with E-state index in [2.05, 4.69) is 6.92 Å². The Labute approximate surface area is 152 Å². The minimum atomic E-state index is -2.33. The number of carbonyl (C=O) groups excluding carboxylic acids is 1. The van der Waals surface area contributed by atoms with Gasteiger partial charge < -0.3 is 35.1 Å². The van der Waals surface area contributed by atoms with Gasteiger partial charge in [0.1, 0.15) is 0 Å². The van der Waals surface area contributed by atoms with E-state index in [0.29, 0.717) is 19.8 Å². The molecule has 0 atom stereocenters. The Morgan fingerprint density at radius 1 is 1.06 bits per heavy atom. The number of ether oxygens (including phenoxy) is 2. The van der Waals surface area contributed by atoms with Crippen LogP contribution >= 0.6 is 0 Å². The van der Waals surface area contributed by atoms with Gasteiger partial charge in [0, 0.05) is 6.61 Å². The summed E-state index contributed by atoms with van der Waals surface area (Å²) in [6, 6.07) is 0. The Hall–Kier alpha value is 1.11. The maximum absolute atomic E-state index is 8.34. The molecule has 7 nitrogen and oxygen atoms in total. The van der Waals surface area contributed by atoms with Gasteiger partial charge in [0.25, 0.3) is 0 Å². The van der Waals surface area contributed by atoms with Gasteiger partial charge in [-0.05, 0) is 12.6 Å². The monoisotopic (exact) mass is 286 g/mol. The van der Waals surface area contributed by atoms with E-state index in [1.807, 2.05) is 0 Å². The average Bonchev–Trinajstić information content (AvgIpc) is 2.16. The normalized spacial score (nSPS) is 7.67. The van der Waals surface area contributed by atoms with Gasteiger partial charge in [-0.2, -0.15) is 0 Å². The van der Waals surface area contributed by atoms with Crippen LogP contribution < -0.4 is 69.3 Å². The summed E-state index contributed by atoms with van der Waals surface area (Å²) in [5.74, 6) is 0. The Morgan fingerprint density at radius 2 is 1.44 bits per heavy atom. The number of unbranched alkanes of at least 4 members (excludes halogenated alkanes) is 1. The maximum atomic E-state index is 8.34. The molecule has 0 unspecified atom stereocenters. The van der Waals surface area contributed by atoms with Crippen LogP contribution in [0.5, 0.6) is 0 Å². The van der Waals surface area contributed by atoms with Gasteiger partial charge in [0.2, 0.25) is 0 Å². The number of carbonyl (C=O) groups is 1. The Kier molecular flexibility index (Phi) is 53.9. The molecule has 9 heteroatoms. The molecule has 0 aliphatic rings. The van der Waals surface area contributed by atoms with Crippen molar-refractivity contribution in [3.8, 4) is 0 Å². The molecule has 0 aliphatic heterocycles. The third kappa shape index (κ3) is 53.5. The molecule has 0 saturated heterocycles. The molecule has 0 aliphatic carbocycles. The zero-order valence-corrected chi connectivity index (χ0v) is 15.4. The molecule has 0 heterocycles. The third-order valence-corrected chi connectivity index (χ3v) is 1.25.